The summed E-state index contributed by atoms with van der Waals surface area (Å²) in [5, 5.41) is 14.2. The van der Waals surface area contributed by atoms with E-state index in [1.54, 1.807) is 18.4 Å². The molecule has 0 radical (unpaired) electrons. The van der Waals surface area contributed by atoms with Crippen LogP contribution in [-0.2, 0) is 10.8 Å². The smallest absolute Gasteiger partial charge is 0.269 e. The van der Waals surface area contributed by atoms with Crippen molar-refractivity contribution in [1.29, 1.82) is 0 Å². The molecule has 0 fully saturated rings. The molecule has 0 aliphatic heterocycles. The summed E-state index contributed by atoms with van der Waals surface area (Å²) in [7, 11) is -0.809. The van der Waals surface area contributed by atoms with Crippen LogP contribution < -0.4 is 5.32 Å². The van der Waals surface area contributed by atoms with Crippen LogP contribution in [0.25, 0.3) is 0 Å². The van der Waals surface area contributed by atoms with Gasteiger partial charge in [0, 0.05) is 40.5 Å². The van der Waals surface area contributed by atoms with Crippen LogP contribution in [-0.4, -0.2) is 27.2 Å². The molecule has 0 heterocycles. The predicted octanol–water partition coefficient (Wildman–Crippen LogP) is 2.40. The molecule has 0 spiro atoms. The maximum atomic E-state index is 11.2. The Labute approximate surface area is 116 Å². The molecular formula is C13H20N2O3S. The molecule has 5 nitrogen and oxygen atoms in total. The third kappa shape index (κ3) is 5.08. The number of nitrogens with one attached hydrogen (secondary N) is 1. The van der Waals surface area contributed by atoms with Crippen LogP contribution >= 0.6 is 0 Å². The summed E-state index contributed by atoms with van der Waals surface area (Å²) in [6.45, 7) is 4.66. The molecule has 1 N–H and O–H groups in total. The fourth-order valence-corrected chi connectivity index (χ4v) is 2.14. The standard InChI is InChI=1S/C13H20N2O3S/c1-10(19(3)18)7-8-14-11(2)12-5-4-6-13(9-12)15(16)17/h4-6,9-11,14H,7-8H2,1-3H3. The van der Waals surface area contributed by atoms with Gasteiger partial charge in [-0.3, -0.25) is 14.3 Å². The molecule has 0 aliphatic rings. The number of non-ortho nitro benzene ring substituents is 1. The monoisotopic (exact) mass is 284 g/mol. The van der Waals surface area contributed by atoms with Crippen LogP contribution in [0.3, 0.4) is 0 Å². The molecule has 0 amide bonds. The Morgan fingerprint density at radius 3 is 2.68 bits per heavy atom. The Bertz CT molecular complexity index is 465. The lowest BCUT2D eigenvalue weighted by Gasteiger charge is -2.15. The van der Waals surface area contributed by atoms with E-state index in [1.807, 2.05) is 19.9 Å². The number of rotatable bonds is 7. The largest absolute Gasteiger partial charge is 0.310 e. The predicted molar refractivity (Wildman–Crippen MR) is 77.7 cm³/mol. The van der Waals surface area contributed by atoms with E-state index in [-0.39, 0.29) is 17.0 Å². The first-order valence-corrected chi connectivity index (χ1v) is 7.84. The van der Waals surface area contributed by atoms with Crippen LogP contribution in [0.2, 0.25) is 0 Å². The van der Waals surface area contributed by atoms with Crippen molar-refractivity contribution in [3.05, 3.63) is 39.9 Å². The Morgan fingerprint density at radius 1 is 1.42 bits per heavy atom. The number of benzene rings is 1. The molecule has 0 bridgehead atoms. The maximum absolute atomic E-state index is 11.2. The van der Waals surface area contributed by atoms with Crippen molar-refractivity contribution in [1.82, 2.24) is 5.32 Å². The molecule has 19 heavy (non-hydrogen) atoms. The van der Waals surface area contributed by atoms with Gasteiger partial charge in [-0.25, -0.2) is 0 Å². The maximum Gasteiger partial charge on any atom is 0.269 e. The van der Waals surface area contributed by atoms with E-state index in [2.05, 4.69) is 5.32 Å². The first kappa shape index (κ1) is 15.8. The Morgan fingerprint density at radius 2 is 2.11 bits per heavy atom. The van der Waals surface area contributed by atoms with Crippen molar-refractivity contribution in [2.24, 2.45) is 0 Å². The Kier molecular flexibility index (Phi) is 6.11. The van der Waals surface area contributed by atoms with Crippen LogP contribution in [0.1, 0.15) is 31.9 Å². The van der Waals surface area contributed by atoms with E-state index in [0.29, 0.717) is 0 Å². The summed E-state index contributed by atoms with van der Waals surface area (Å²) >= 11 is 0. The van der Waals surface area contributed by atoms with Crippen LogP contribution in [0, 0.1) is 10.1 Å². The number of hydrogen-bond donors (Lipinski definition) is 1. The van der Waals surface area contributed by atoms with Crippen LogP contribution in [0.4, 0.5) is 5.69 Å². The summed E-state index contributed by atoms with van der Waals surface area (Å²) < 4.78 is 11.2. The lowest BCUT2D eigenvalue weighted by atomic mass is 10.1. The van der Waals surface area contributed by atoms with Gasteiger partial charge in [-0.15, -0.1) is 0 Å². The summed E-state index contributed by atoms with van der Waals surface area (Å²) in [6, 6.07) is 6.66. The quantitative estimate of drug-likeness (QED) is 0.616. The van der Waals surface area contributed by atoms with E-state index < -0.39 is 15.7 Å². The van der Waals surface area contributed by atoms with Gasteiger partial charge in [-0.1, -0.05) is 19.1 Å². The second-order valence-electron chi connectivity index (χ2n) is 4.63. The molecule has 0 aliphatic carbocycles. The molecule has 0 saturated carbocycles. The highest BCUT2D eigenvalue weighted by Gasteiger charge is 2.11. The van der Waals surface area contributed by atoms with Gasteiger partial charge in [-0.05, 0) is 25.5 Å². The van der Waals surface area contributed by atoms with Gasteiger partial charge in [-0.2, -0.15) is 0 Å². The van der Waals surface area contributed by atoms with Gasteiger partial charge in [0.15, 0.2) is 0 Å². The van der Waals surface area contributed by atoms with E-state index in [4.69, 9.17) is 0 Å². The van der Waals surface area contributed by atoms with E-state index in [1.165, 1.54) is 6.07 Å². The summed E-state index contributed by atoms with van der Waals surface area (Å²) in [6.07, 6.45) is 2.52. The minimum Gasteiger partial charge on any atom is -0.310 e. The highest BCUT2D eigenvalue weighted by molar-refractivity contribution is 7.84. The molecule has 0 aromatic heterocycles. The molecule has 1 rings (SSSR count). The zero-order valence-electron chi connectivity index (χ0n) is 11.5. The van der Waals surface area contributed by atoms with Crippen molar-refractivity contribution in [2.75, 3.05) is 12.8 Å². The molecule has 1 aromatic carbocycles. The Balaban J connectivity index is 2.54. The highest BCUT2D eigenvalue weighted by Crippen LogP contribution is 2.18. The summed E-state index contributed by atoms with van der Waals surface area (Å²) in [5.74, 6) is 0. The van der Waals surface area contributed by atoms with Crippen molar-refractivity contribution in [2.45, 2.75) is 31.6 Å². The molecule has 6 heteroatoms. The topological polar surface area (TPSA) is 72.2 Å². The average Bonchev–Trinajstić information content (AvgIpc) is 2.38. The van der Waals surface area contributed by atoms with Gasteiger partial charge in [0.2, 0.25) is 0 Å². The zero-order valence-corrected chi connectivity index (χ0v) is 12.3. The molecule has 106 valence electrons. The molecule has 3 unspecified atom stereocenters. The lowest BCUT2D eigenvalue weighted by molar-refractivity contribution is -0.384. The second kappa shape index (κ2) is 7.35. The normalized spacial score (nSPS) is 15.7. The first-order chi connectivity index (χ1) is 8.91. The van der Waals surface area contributed by atoms with Crippen molar-refractivity contribution < 1.29 is 9.13 Å². The third-order valence-corrected chi connectivity index (χ3v) is 4.52. The second-order valence-corrected chi connectivity index (χ2v) is 6.43. The molecule has 3 atom stereocenters. The zero-order chi connectivity index (χ0) is 14.4. The van der Waals surface area contributed by atoms with Gasteiger partial charge in [0.05, 0.1) is 4.92 Å². The SMILES string of the molecule is CC(NCCC(C)S(C)=O)c1cccc([N+](=O)[O-])c1. The van der Waals surface area contributed by atoms with Gasteiger partial charge in [0.25, 0.3) is 5.69 Å². The van der Waals surface area contributed by atoms with Crippen molar-refractivity contribution in [3.8, 4) is 0 Å². The fraction of sp³-hybridized carbons (Fsp3) is 0.538. The minimum atomic E-state index is -0.809. The fourth-order valence-electron chi connectivity index (χ4n) is 1.69. The highest BCUT2D eigenvalue weighted by atomic mass is 32.2. The number of nitro groups is 1. The van der Waals surface area contributed by atoms with E-state index in [9.17, 15) is 14.3 Å². The van der Waals surface area contributed by atoms with Crippen molar-refractivity contribution >= 4 is 16.5 Å². The number of nitro benzene ring substituents is 1. The average molecular weight is 284 g/mol. The van der Waals surface area contributed by atoms with E-state index in [0.717, 1.165) is 18.5 Å². The summed E-state index contributed by atoms with van der Waals surface area (Å²) in [4.78, 5) is 10.3. The lowest BCUT2D eigenvalue weighted by Crippen LogP contribution is -2.24. The van der Waals surface area contributed by atoms with Crippen LogP contribution in [0.5, 0.6) is 0 Å². The van der Waals surface area contributed by atoms with Gasteiger partial charge >= 0.3 is 0 Å². The van der Waals surface area contributed by atoms with Crippen molar-refractivity contribution in [3.63, 3.8) is 0 Å². The van der Waals surface area contributed by atoms with Crippen LogP contribution in [0.15, 0.2) is 24.3 Å². The Hall–Kier alpha value is -1.27. The molecule has 0 saturated heterocycles. The van der Waals surface area contributed by atoms with Gasteiger partial charge < -0.3 is 5.32 Å². The number of hydrogen-bond acceptors (Lipinski definition) is 4. The van der Waals surface area contributed by atoms with Gasteiger partial charge in [0.1, 0.15) is 0 Å². The molecular weight excluding hydrogens is 264 g/mol. The third-order valence-electron chi connectivity index (χ3n) is 3.15. The first-order valence-electron chi connectivity index (χ1n) is 6.21. The number of nitrogens with zero attached hydrogens (tertiary/aromatic N) is 1. The minimum absolute atomic E-state index is 0.0393. The van der Waals surface area contributed by atoms with E-state index >= 15 is 0 Å². The summed E-state index contributed by atoms with van der Waals surface area (Å²) in [5.41, 5.74) is 0.994. The molecule has 1 aromatic rings.